The molecule has 2 aromatic carbocycles. The van der Waals surface area contributed by atoms with E-state index in [4.69, 9.17) is 25.9 Å². The molecule has 0 radical (unpaired) electrons. The third-order valence-electron chi connectivity index (χ3n) is 3.79. The van der Waals surface area contributed by atoms with Crippen LogP contribution < -0.4 is 19.6 Å². The van der Waals surface area contributed by atoms with E-state index < -0.39 is 0 Å². The SMILES string of the molecule is O=C(COn1nnc2ccc(Cl)cc21)NCC1COc2ccccc2O1. The summed E-state index contributed by atoms with van der Waals surface area (Å²) in [6.07, 6.45) is -0.264. The summed E-state index contributed by atoms with van der Waals surface area (Å²) < 4.78 is 11.4. The molecular weight excluding hydrogens is 360 g/mol. The molecule has 0 saturated heterocycles. The summed E-state index contributed by atoms with van der Waals surface area (Å²) >= 11 is 5.95. The van der Waals surface area contributed by atoms with Crippen molar-refractivity contribution in [1.29, 1.82) is 0 Å². The van der Waals surface area contributed by atoms with Gasteiger partial charge in [-0.1, -0.05) is 28.6 Å². The normalized spacial score (nSPS) is 15.7. The van der Waals surface area contributed by atoms with Gasteiger partial charge in [-0.3, -0.25) is 4.79 Å². The predicted octanol–water partition coefficient (Wildman–Crippen LogP) is 1.47. The first-order valence-corrected chi connectivity index (χ1v) is 8.36. The second-order valence-electron chi connectivity index (χ2n) is 5.67. The first-order valence-electron chi connectivity index (χ1n) is 7.98. The summed E-state index contributed by atoms with van der Waals surface area (Å²) in [5.41, 5.74) is 1.21. The molecule has 1 aliphatic rings. The predicted molar refractivity (Wildman–Crippen MR) is 93.3 cm³/mol. The van der Waals surface area contributed by atoms with E-state index in [-0.39, 0.29) is 18.6 Å². The second-order valence-corrected chi connectivity index (χ2v) is 6.11. The van der Waals surface area contributed by atoms with Crippen LogP contribution in [0, 0.1) is 0 Å². The van der Waals surface area contributed by atoms with Gasteiger partial charge in [0.05, 0.1) is 6.54 Å². The molecule has 8 nitrogen and oxygen atoms in total. The van der Waals surface area contributed by atoms with E-state index in [0.29, 0.717) is 40.7 Å². The Morgan fingerprint density at radius 1 is 1.31 bits per heavy atom. The molecule has 1 atom stereocenters. The lowest BCUT2D eigenvalue weighted by atomic mass is 10.2. The Kier molecular flexibility index (Phi) is 4.49. The van der Waals surface area contributed by atoms with Crippen molar-refractivity contribution in [3.8, 4) is 11.5 Å². The fourth-order valence-corrected chi connectivity index (χ4v) is 2.70. The fourth-order valence-electron chi connectivity index (χ4n) is 2.53. The number of halogens is 1. The second kappa shape index (κ2) is 7.09. The Morgan fingerprint density at radius 3 is 3.04 bits per heavy atom. The topological polar surface area (TPSA) is 87.5 Å². The van der Waals surface area contributed by atoms with Crippen LogP contribution in [0.3, 0.4) is 0 Å². The third kappa shape index (κ3) is 3.50. The number of nitrogens with zero attached hydrogens (tertiary/aromatic N) is 3. The van der Waals surface area contributed by atoms with Gasteiger partial charge in [-0.25, -0.2) is 0 Å². The monoisotopic (exact) mass is 374 g/mol. The Morgan fingerprint density at radius 2 is 2.15 bits per heavy atom. The van der Waals surface area contributed by atoms with Crippen LogP contribution in [0.1, 0.15) is 0 Å². The molecule has 1 unspecified atom stereocenters. The molecule has 134 valence electrons. The number of rotatable bonds is 5. The van der Waals surface area contributed by atoms with Crippen LogP contribution in [0.25, 0.3) is 11.0 Å². The zero-order chi connectivity index (χ0) is 17.9. The smallest absolute Gasteiger partial charge is 0.260 e. The van der Waals surface area contributed by atoms with Crippen molar-refractivity contribution >= 4 is 28.5 Å². The summed E-state index contributed by atoms with van der Waals surface area (Å²) in [6.45, 7) is 0.458. The zero-order valence-corrected chi connectivity index (χ0v) is 14.3. The largest absolute Gasteiger partial charge is 0.486 e. The molecule has 1 N–H and O–H groups in total. The number of amides is 1. The van der Waals surface area contributed by atoms with Gasteiger partial charge >= 0.3 is 0 Å². The van der Waals surface area contributed by atoms with Gasteiger partial charge in [-0.15, -0.1) is 5.10 Å². The number of para-hydroxylation sites is 2. The van der Waals surface area contributed by atoms with Crippen LogP contribution in [0.2, 0.25) is 5.02 Å². The number of carbonyl (C=O) groups excluding carboxylic acids is 1. The van der Waals surface area contributed by atoms with Crippen molar-refractivity contribution in [2.75, 3.05) is 19.8 Å². The van der Waals surface area contributed by atoms with Crippen LogP contribution in [0.5, 0.6) is 11.5 Å². The van der Waals surface area contributed by atoms with E-state index in [0.717, 1.165) is 0 Å². The highest BCUT2D eigenvalue weighted by Gasteiger charge is 2.21. The Hall–Kier alpha value is -3.00. The molecule has 3 aromatic rings. The van der Waals surface area contributed by atoms with E-state index in [9.17, 15) is 4.79 Å². The maximum absolute atomic E-state index is 12.0. The number of ether oxygens (including phenoxy) is 2. The third-order valence-corrected chi connectivity index (χ3v) is 4.02. The van der Waals surface area contributed by atoms with E-state index in [1.807, 2.05) is 24.3 Å². The molecule has 1 amide bonds. The van der Waals surface area contributed by atoms with Crippen molar-refractivity contribution < 1.29 is 19.1 Å². The zero-order valence-electron chi connectivity index (χ0n) is 13.6. The highest BCUT2D eigenvalue weighted by molar-refractivity contribution is 6.31. The lowest BCUT2D eigenvalue weighted by Gasteiger charge is -2.26. The van der Waals surface area contributed by atoms with Crippen LogP contribution in [0.4, 0.5) is 0 Å². The van der Waals surface area contributed by atoms with Gasteiger partial charge in [0.1, 0.15) is 23.7 Å². The maximum atomic E-state index is 12.0. The summed E-state index contributed by atoms with van der Waals surface area (Å²) in [5, 5.41) is 11.1. The van der Waals surface area contributed by atoms with Crippen LogP contribution in [-0.2, 0) is 4.79 Å². The van der Waals surface area contributed by atoms with Crippen molar-refractivity contribution in [3.63, 3.8) is 0 Å². The van der Waals surface area contributed by atoms with Crippen molar-refractivity contribution in [1.82, 2.24) is 20.5 Å². The number of hydrogen-bond acceptors (Lipinski definition) is 6. The van der Waals surface area contributed by atoms with Crippen LogP contribution in [0.15, 0.2) is 42.5 Å². The Bertz CT molecular complexity index is 945. The lowest BCUT2D eigenvalue weighted by molar-refractivity contribution is -0.126. The summed E-state index contributed by atoms with van der Waals surface area (Å²) in [6, 6.07) is 12.5. The number of fused-ring (bicyclic) bond motifs is 2. The van der Waals surface area contributed by atoms with Gasteiger partial charge in [0.25, 0.3) is 5.91 Å². The molecule has 1 aliphatic heterocycles. The fraction of sp³-hybridized carbons (Fsp3) is 0.235. The molecule has 4 rings (SSSR count). The summed E-state index contributed by atoms with van der Waals surface area (Å²) in [4.78, 5) is 18.6. The number of hydrogen-bond donors (Lipinski definition) is 1. The quantitative estimate of drug-likeness (QED) is 0.727. The highest BCUT2D eigenvalue weighted by Crippen LogP contribution is 2.30. The standard InChI is InChI=1S/C17H15ClN4O4/c18-11-5-6-13-14(7-11)22(21-20-13)25-10-17(23)19-8-12-9-24-15-3-1-2-4-16(15)26-12/h1-7,12H,8-10H2,(H,19,23). The van der Waals surface area contributed by atoms with E-state index in [1.54, 1.807) is 18.2 Å². The molecule has 26 heavy (non-hydrogen) atoms. The van der Waals surface area contributed by atoms with Gasteiger partial charge in [0.15, 0.2) is 18.1 Å². The van der Waals surface area contributed by atoms with Gasteiger partial charge < -0.3 is 19.6 Å². The molecule has 0 aliphatic carbocycles. The van der Waals surface area contributed by atoms with Gasteiger partial charge in [0, 0.05) is 5.02 Å². The van der Waals surface area contributed by atoms with Crippen molar-refractivity contribution in [2.45, 2.75) is 6.10 Å². The van der Waals surface area contributed by atoms with E-state index in [2.05, 4.69) is 15.6 Å². The molecular formula is C17H15ClN4O4. The maximum Gasteiger partial charge on any atom is 0.260 e. The van der Waals surface area contributed by atoms with E-state index in [1.165, 1.54) is 4.85 Å². The van der Waals surface area contributed by atoms with Crippen LogP contribution >= 0.6 is 11.6 Å². The molecule has 2 heterocycles. The lowest BCUT2D eigenvalue weighted by Crippen LogP contribution is -2.42. The molecule has 1 aromatic heterocycles. The minimum absolute atomic E-state index is 0.213. The Balaban J connectivity index is 1.29. The molecule has 0 bridgehead atoms. The average Bonchev–Trinajstić information content (AvgIpc) is 3.06. The minimum Gasteiger partial charge on any atom is -0.486 e. The van der Waals surface area contributed by atoms with Crippen molar-refractivity contribution in [2.24, 2.45) is 0 Å². The number of nitrogens with one attached hydrogen (secondary N) is 1. The molecule has 0 spiro atoms. The number of aromatic nitrogens is 3. The minimum atomic E-state index is -0.307. The first-order chi connectivity index (χ1) is 12.7. The summed E-state index contributed by atoms with van der Waals surface area (Å²) in [7, 11) is 0. The van der Waals surface area contributed by atoms with Gasteiger partial charge in [-0.05, 0) is 35.5 Å². The molecule has 0 saturated carbocycles. The number of benzene rings is 2. The average molecular weight is 375 g/mol. The van der Waals surface area contributed by atoms with Crippen molar-refractivity contribution in [3.05, 3.63) is 47.5 Å². The van der Waals surface area contributed by atoms with E-state index >= 15 is 0 Å². The van der Waals surface area contributed by atoms with Gasteiger partial charge in [0.2, 0.25) is 0 Å². The van der Waals surface area contributed by atoms with Crippen LogP contribution in [-0.4, -0.2) is 46.9 Å². The van der Waals surface area contributed by atoms with Gasteiger partial charge in [-0.2, -0.15) is 0 Å². The number of carbonyl (C=O) groups is 1. The first kappa shape index (κ1) is 16.5. The summed E-state index contributed by atoms with van der Waals surface area (Å²) in [5.74, 6) is 1.06. The molecule has 0 fully saturated rings. The Labute approximate surface area is 153 Å². The highest BCUT2D eigenvalue weighted by atomic mass is 35.5. The molecule has 9 heteroatoms.